The van der Waals surface area contributed by atoms with Gasteiger partial charge in [0, 0.05) is 33.3 Å². The van der Waals surface area contributed by atoms with Gasteiger partial charge in [-0.25, -0.2) is 0 Å². The summed E-state index contributed by atoms with van der Waals surface area (Å²) in [6, 6.07) is 8.29. The Labute approximate surface area is 127 Å². The summed E-state index contributed by atoms with van der Waals surface area (Å²) in [7, 11) is 3.71. The monoisotopic (exact) mass is 290 g/mol. The summed E-state index contributed by atoms with van der Waals surface area (Å²) in [6.45, 7) is 5.46. The first kappa shape index (κ1) is 16.0. The van der Waals surface area contributed by atoms with Gasteiger partial charge in [-0.05, 0) is 36.7 Å². The van der Waals surface area contributed by atoms with E-state index in [0.717, 1.165) is 51.6 Å². The topological polar surface area (TPSA) is 33.7 Å². The van der Waals surface area contributed by atoms with E-state index in [1.165, 1.54) is 11.1 Å². The van der Waals surface area contributed by atoms with Crippen LogP contribution in [0, 0.1) is 0 Å². The van der Waals surface area contributed by atoms with E-state index >= 15 is 0 Å². The Morgan fingerprint density at radius 3 is 2.67 bits per heavy atom. The molecule has 21 heavy (non-hydrogen) atoms. The highest BCUT2D eigenvalue weighted by Crippen LogP contribution is 2.13. The van der Waals surface area contributed by atoms with E-state index in [0.29, 0.717) is 0 Å². The third kappa shape index (κ3) is 5.50. The van der Waals surface area contributed by atoms with Crippen molar-refractivity contribution in [1.29, 1.82) is 0 Å². The number of rotatable bonds is 8. The third-order valence-electron chi connectivity index (χ3n) is 3.70. The molecule has 1 N–H and O–H groups in total. The highest BCUT2D eigenvalue weighted by molar-refractivity contribution is 5.27. The van der Waals surface area contributed by atoms with Gasteiger partial charge in [0.1, 0.15) is 12.4 Å². The number of ether oxygens (including phenoxy) is 2. The van der Waals surface area contributed by atoms with Gasteiger partial charge < -0.3 is 14.8 Å². The molecule has 1 aromatic carbocycles. The van der Waals surface area contributed by atoms with Crippen LogP contribution < -0.4 is 10.1 Å². The predicted molar refractivity (Wildman–Crippen MR) is 85.7 cm³/mol. The lowest BCUT2D eigenvalue weighted by Gasteiger charge is -2.26. The van der Waals surface area contributed by atoms with Gasteiger partial charge in [0.05, 0.1) is 6.61 Å². The van der Waals surface area contributed by atoms with Gasteiger partial charge in [-0.3, -0.25) is 4.90 Å². The van der Waals surface area contributed by atoms with Crippen molar-refractivity contribution in [2.24, 2.45) is 0 Å². The smallest absolute Gasteiger partial charge is 0.119 e. The lowest BCUT2D eigenvalue weighted by molar-refractivity contribution is 0.197. The molecule has 0 bridgehead atoms. The molecule has 0 amide bonds. The van der Waals surface area contributed by atoms with Gasteiger partial charge >= 0.3 is 0 Å². The molecule has 2 rings (SSSR count). The van der Waals surface area contributed by atoms with Crippen LogP contribution in [0.2, 0.25) is 0 Å². The van der Waals surface area contributed by atoms with Crippen molar-refractivity contribution >= 4 is 0 Å². The number of hydrogen-bond acceptors (Lipinski definition) is 4. The maximum Gasteiger partial charge on any atom is 0.119 e. The van der Waals surface area contributed by atoms with Crippen molar-refractivity contribution in [2.75, 3.05) is 47.0 Å². The molecule has 4 heteroatoms. The third-order valence-corrected chi connectivity index (χ3v) is 3.70. The molecule has 0 spiro atoms. The first-order valence-corrected chi connectivity index (χ1v) is 7.57. The Morgan fingerprint density at radius 1 is 1.24 bits per heavy atom. The summed E-state index contributed by atoms with van der Waals surface area (Å²) in [5, 5.41) is 3.14. The van der Waals surface area contributed by atoms with Crippen LogP contribution in [0.1, 0.15) is 12.0 Å². The Balaban J connectivity index is 1.68. The lowest BCUT2D eigenvalue weighted by atomic mass is 10.1. The van der Waals surface area contributed by atoms with E-state index in [1.807, 2.05) is 19.2 Å². The fraction of sp³-hybridized carbons (Fsp3) is 0.529. The zero-order valence-corrected chi connectivity index (χ0v) is 13.1. The molecule has 0 radical (unpaired) electrons. The Kier molecular flexibility index (Phi) is 6.73. The number of nitrogens with zero attached hydrogens (tertiary/aromatic N) is 1. The van der Waals surface area contributed by atoms with E-state index in [4.69, 9.17) is 9.47 Å². The van der Waals surface area contributed by atoms with Gasteiger partial charge in [0.25, 0.3) is 0 Å². The zero-order valence-electron chi connectivity index (χ0n) is 13.1. The van der Waals surface area contributed by atoms with E-state index < -0.39 is 0 Å². The SMILES string of the molecule is CNCc1ccc(OCCN2CC=C(COC)CC2)cc1. The second-order valence-corrected chi connectivity index (χ2v) is 5.37. The van der Waals surface area contributed by atoms with Crippen LogP contribution in [0.5, 0.6) is 5.75 Å². The van der Waals surface area contributed by atoms with Crippen molar-refractivity contribution in [2.45, 2.75) is 13.0 Å². The summed E-state index contributed by atoms with van der Waals surface area (Å²) in [6.07, 6.45) is 3.38. The molecule has 116 valence electrons. The minimum atomic E-state index is 0.735. The highest BCUT2D eigenvalue weighted by Gasteiger charge is 2.11. The minimum Gasteiger partial charge on any atom is -0.492 e. The van der Waals surface area contributed by atoms with E-state index in [1.54, 1.807) is 7.11 Å². The molecular weight excluding hydrogens is 264 g/mol. The normalized spacial score (nSPS) is 15.8. The highest BCUT2D eigenvalue weighted by atomic mass is 16.5. The summed E-state index contributed by atoms with van der Waals surface area (Å²) in [4.78, 5) is 2.41. The Bertz CT molecular complexity index is 443. The van der Waals surface area contributed by atoms with Gasteiger partial charge in [-0.2, -0.15) is 0 Å². The van der Waals surface area contributed by atoms with Crippen LogP contribution in [-0.4, -0.2) is 51.9 Å². The number of hydrogen-bond donors (Lipinski definition) is 1. The number of nitrogens with one attached hydrogen (secondary N) is 1. The molecule has 0 aliphatic carbocycles. The molecule has 1 aliphatic heterocycles. The van der Waals surface area contributed by atoms with Crippen molar-refractivity contribution in [3.63, 3.8) is 0 Å². The van der Waals surface area contributed by atoms with Gasteiger partial charge in [0.2, 0.25) is 0 Å². The second kappa shape index (κ2) is 8.82. The van der Waals surface area contributed by atoms with E-state index in [2.05, 4.69) is 28.4 Å². The van der Waals surface area contributed by atoms with E-state index in [9.17, 15) is 0 Å². The van der Waals surface area contributed by atoms with E-state index in [-0.39, 0.29) is 0 Å². The fourth-order valence-electron chi connectivity index (χ4n) is 2.47. The maximum atomic E-state index is 5.81. The van der Waals surface area contributed by atoms with Gasteiger partial charge in [0.15, 0.2) is 0 Å². The van der Waals surface area contributed by atoms with Crippen molar-refractivity contribution in [3.05, 3.63) is 41.5 Å². The summed E-state index contributed by atoms with van der Waals surface area (Å²) in [5.41, 5.74) is 2.69. The predicted octanol–water partition coefficient (Wildman–Crippen LogP) is 2.06. The van der Waals surface area contributed by atoms with Crippen molar-refractivity contribution < 1.29 is 9.47 Å². The maximum absolute atomic E-state index is 5.81. The van der Waals surface area contributed by atoms with Crippen LogP contribution in [-0.2, 0) is 11.3 Å². The molecule has 1 heterocycles. The molecule has 1 aliphatic rings. The molecule has 0 saturated carbocycles. The summed E-state index contributed by atoms with van der Waals surface area (Å²) in [5.74, 6) is 0.947. The van der Waals surface area contributed by atoms with Crippen molar-refractivity contribution in [1.82, 2.24) is 10.2 Å². The van der Waals surface area contributed by atoms with Gasteiger partial charge in [-0.15, -0.1) is 0 Å². The number of benzene rings is 1. The van der Waals surface area contributed by atoms with Crippen LogP contribution in [0.25, 0.3) is 0 Å². The fourth-order valence-corrected chi connectivity index (χ4v) is 2.47. The molecular formula is C17H26N2O2. The quantitative estimate of drug-likeness (QED) is 0.743. The first-order chi connectivity index (χ1) is 10.3. The second-order valence-electron chi connectivity index (χ2n) is 5.37. The molecule has 0 saturated heterocycles. The largest absolute Gasteiger partial charge is 0.492 e. The van der Waals surface area contributed by atoms with Crippen LogP contribution >= 0.6 is 0 Å². The minimum absolute atomic E-state index is 0.735. The average molecular weight is 290 g/mol. The number of methoxy groups -OCH3 is 1. The average Bonchev–Trinajstić information content (AvgIpc) is 2.51. The van der Waals surface area contributed by atoms with Crippen LogP contribution in [0.15, 0.2) is 35.9 Å². The molecule has 4 nitrogen and oxygen atoms in total. The van der Waals surface area contributed by atoms with Gasteiger partial charge in [-0.1, -0.05) is 18.2 Å². The zero-order chi connectivity index (χ0) is 14.9. The molecule has 0 unspecified atom stereocenters. The molecule has 1 aromatic rings. The standard InChI is InChI=1S/C17H26N2O2/c1-18-13-15-3-5-17(6-4-15)21-12-11-19-9-7-16(8-10-19)14-20-2/h3-7,18H,8-14H2,1-2H3. The molecule has 0 aromatic heterocycles. The van der Waals surface area contributed by atoms with Crippen LogP contribution in [0.4, 0.5) is 0 Å². The molecule has 0 fully saturated rings. The summed E-state index contributed by atoms with van der Waals surface area (Å²) >= 11 is 0. The molecule has 0 atom stereocenters. The summed E-state index contributed by atoms with van der Waals surface area (Å²) < 4.78 is 11.0. The first-order valence-electron chi connectivity index (χ1n) is 7.57. The Hall–Kier alpha value is -1.36. The Morgan fingerprint density at radius 2 is 2.05 bits per heavy atom. The lowest BCUT2D eigenvalue weighted by Crippen LogP contribution is -2.33. The van der Waals surface area contributed by atoms with Crippen molar-refractivity contribution in [3.8, 4) is 5.75 Å². The van der Waals surface area contributed by atoms with Crippen LogP contribution in [0.3, 0.4) is 0 Å².